The zero-order valence-electron chi connectivity index (χ0n) is 10.3. The topological polar surface area (TPSA) is 29.5 Å². The highest BCUT2D eigenvalue weighted by atomic mass is 19.1. The van der Waals surface area contributed by atoms with Crippen LogP contribution in [-0.4, -0.2) is 38.1 Å². The molecule has 1 aromatic carbocycles. The number of hydrogen-bond donors (Lipinski definition) is 0. The van der Waals surface area contributed by atoms with Gasteiger partial charge in [0.2, 0.25) is 0 Å². The second kappa shape index (κ2) is 6.54. The zero-order chi connectivity index (χ0) is 12.8. The number of carbonyl (C=O) groups excluding carboxylic acids is 1. The normalized spacial score (nSPS) is 20.4. The third-order valence-corrected chi connectivity index (χ3v) is 3.24. The van der Waals surface area contributed by atoms with Gasteiger partial charge in [-0.3, -0.25) is 0 Å². The molecule has 1 aromatic rings. The van der Waals surface area contributed by atoms with Gasteiger partial charge in [-0.1, -0.05) is 0 Å². The lowest BCUT2D eigenvalue weighted by molar-refractivity contribution is 0.181. The first-order valence-electron chi connectivity index (χ1n) is 6.32. The van der Waals surface area contributed by atoms with Crippen LogP contribution < -0.4 is 4.74 Å². The quantitative estimate of drug-likeness (QED) is 0.584. The smallest absolute Gasteiger partial charge is 0.281 e. The number of rotatable bonds is 5. The molecular formula is C13H17BFNO2. The van der Waals surface area contributed by atoms with Gasteiger partial charge in [0.15, 0.2) is 0 Å². The highest BCUT2D eigenvalue weighted by Crippen LogP contribution is 2.18. The van der Waals surface area contributed by atoms with Gasteiger partial charge in [-0.2, -0.15) is 0 Å². The molecule has 1 saturated heterocycles. The van der Waals surface area contributed by atoms with Crippen molar-refractivity contribution in [1.29, 1.82) is 0 Å². The first kappa shape index (κ1) is 13.1. The van der Waals surface area contributed by atoms with Crippen LogP contribution in [0.4, 0.5) is 4.39 Å². The van der Waals surface area contributed by atoms with Crippen molar-refractivity contribution in [2.45, 2.75) is 12.8 Å². The largest absolute Gasteiger partial charge is 0.493 e. The molecule has 1 atom stereocenters. The molecule has 0 bridgehead atoms. The summed E-state index contributed by atoms with van der Waals surface area (Å²) < 4.78 is 18.4. The monoisotopic (exact) mass is 249 g/mol. The maximum absolute atomic E-state index is 12.7. The number of nitrogens with zero attached hydrogens (tertiary/aromatic N) is 1. The number of carbonyl (C=O) groups is 1. The molecule has 1 fully saturated rings. The maximum atomic E-state index is 12.7. The molecule has 1 unspecified atom stereocenters. The van der Waals surface area contributed by atoms with Crippen molar-refractivity contribution in [2.75, 3.05) is 19.7 Å². The van der Waals surface area contributed by atoms with Gasteiger partial charge in [0.1, 0.15) is 11.6 Å². The van der Waals surface area contributed by atoms with E-state index in [4.69, 9.17) is 4.74 Å². The summed E-state index contributed by atoms with van der Waals surface area (Å²) in [4.78, 5) is 12.6. The Morgan fingerprint density at radius 2 is 2.22 bits per heavy atom. The second-order valence-electron chi connectivity index (χ2n) is 4.70. The van der Waals surface area contributed by atoms with Crippen molar-refractivity contribution in [3.05, 3.63) is 30.1 Å². The predicted octanol–water partition coefficient (Wildman–Crippen LogP) is 1.46. The summed E-state index contributed by atoms with van der Waals surface area (Å²) in [6, 6.07) is 6.08. The minimum Gasteiger partial charge on any atom is -0.493 e. The van der Waals surface area contributed by atoms with E-state index in [2.05, 4.69) is 4.81 Å². The Morgan fingerprint density at radius 3 is 2.94 bits per heavy atom. The van der Waals surface area contributed by atoms with E-state index >= 15 is 0 Å². The van der Waals surface area contributed by atoms with E-state index in [0.29, 0.717) is 25.7 Å². The van der Waals surface area contributed by atoms with E-state index < -0.39 is 0 Å². The van der Waals surface area contributed by atoms with Gasteiger partial charge in [0, 0.05) is 5.92 Å². The van der Waals surface area contributed by atoms with Crippen LogP contribution in [0.2, 0.25) is 0 Å². The summed E-state index contributed by atoms with van der Waals surface area (Å²) in [5, 5.41) is 0. The Bertz CT molecular complexity index is 385. The Hall–Kier alpha value is -1.36. The first-order chi connectivity index (χ1) is 8.78. The van der Waals surface area contributed by atoms with Crippen molar-refractivity contribution in [2.24, 2.45) is 5.92 Å². The van der Waals surface area contributed by atoms with Gasteiger partial charge in [-0.15, -0.1) is 0 Å². The molecule has 1 aliphatic heterocycles. The van der Waals surface area contributed by atoms with Crippen molar-refractivity contribution in [3.63, 3.8) is 0 Å². The van der Waals surface area contributed by atoms with E-state index in [9.17, 15) is 9.18 Å². The van der Waals surface area contributed by atoms with E-state index in [1.165, 1.54) is 12.1 Å². The summed E-state index contributed by atoms with van der Waals surface area (Å²) in [6.07, 6.45) is 3.17. The number of halogens is 1. The Kier molecular flexibility index (Phi) is 4.76. The predicted molar refractivity (Wildman–Crippen MR) is 70.1 cm³/mol. The van der Waals surface area contributed by atoms with Crippen molar-refractivity contribution >= 4 is 13.6 Å². The third-order valence-electron chi connectivity index (χ3n) is 3.24. The lowest BCUT2D eigenvalue weighted by Crippen LogP contribution is -2.40. The van der Waals surface area contributed by atoms with Gasteiger partial charge < -0.3 is 14.3 Å². The maximum Gasteiger partial charge on any atom is 0.281 e. The number of hydrogen-bond acceptors (Lipinski definition) is 3. The minimum atomic E-state index is -0.253. The van der Waals surface area contributed by atoms with E-state index in [-0.39, 0.29) is 5.82 Å². The van der Waals surface area contributed by atoms with Gasteiger partial charge in [0.25, 0.3) is 7.41 Å². The molecule has 0 aromatic heterocycles. The molecular weight excluding hydrogens is 232 g/mol. The van der Waals surface area contributed by atoms with Crippen LogP contribution in [0.5, 0.6) is 5.75 Å². The van der Waals surface area contributed by atoms with Crippen LogP contribution in [0.1, 0.15) is 12.8 Å². The van der Waals surface area contributed by atoms with E-state index in [0.717, 1.165) is 32.1 Å². The molecule has 18 heavy (non-hydrogen) atoms. The van der Waals surface area contributed by atoms with Crippen LogP contribution in [0.15, 0.2) is 24.3 Å². The van der Waals surface area contributed by atoms with Crippen LogP contribution >= 0.6 is 0 Å². The highest BCUT2D eigenvalue weighted by Gasteiger charge is 2.20. The molecule has 0 N–H and O–H groups in total. The van der Waals surface area contributed by atoms with Crippen LogP contribution in [0, 0.1) is 11.7 Å². The Balaban J connectivity index is 1.79. The fourth-order valence-electron chi connectivity index (χ4n) is 2.30. The Morgan fingerprint density at radius 1 is 1.44 bits per heavy atom. The highest BCUT2D eigenvalue weighted by molar-refractivity contribution is 6.64. The van der Waals surface area contributed by atoms with E-state index in [1.54, 1.807) is 12.1 Å². The van der Waals surface area contributed by atoms with Crippen molar-refractivity contribution < 1.29 is 13.9 Å². The first-order valence-corrected chi connectivity index (χ1v) is 6.32. The molecule has 1 heterocycles. The number of benzene rings is 1. The standard InChI is InChI=1S/C13H17BFNO2/c15-12-3-5-13(6-4-12)18-9-11-2-1-7-16(8-11)14-10-17/h3-6,10-11,14H,1-2,7-9H2. The van der Waals surface area contributed by atoms with Gasteiger partial charge in [0.05, 0.1) is 12.8 Å². The SMILES string of the molecule is O=CBN1CCCC(COc2ccc(F)cc2)C1. The van der Waals surface area contributed by atoms with Crippen molar-refractivity contribution in [1.82, 2.24) is 4.81 Å². The lowest BCUT2D eigenvalue weighted by Gasteiger charge is -2.31. The molecule has 0 saturated carbocycles. The molecule has 0 aliphatic carbocycles. The summed E-state index contributed by atoms with van der Waals surface area (Å²) in [5.41, 5.74) is 0. The molecule has 5 heteroatoms. The summed E-state index contributed by atoms with van der Waals surface area (Å²) in [6.45, 7) is 2.52. The summed E-state index contributed by atoms with van der Waals surface area (Å²) in [5.74, 6) is 0.893. The molecule has 0 spiro atoms. The fraction of sp³-hybridized carbons (Fsp3) is 0.462. The van der Waals surface area contributed by atoms with Crippen LogP contribution in [0.25, 0.3) is 0 Å². The average Bonchev–Trinajstić information content (AvgIpc) is 2.39. The third kappa shape index (κ3) is 3.84. The van der Waals surface area contributed by atoms with E-state index in [1.807, 2.05) is 0 Å². The number of piperidine rings is 1. The van der Waals surface area contributed by atoms with Crippen LogP contribution in [-0.2, 0) is 4.79 Å². The van der Waals surface area contributed by atoms with Gasteiger partial charge >= 0.3 is 0 Å². The Labute approximate surface area is 107 Å². The molecule has 2 rings (SSSR count). The van der Waals surface area contributed by atoms with Crippen LogP contribution in [0.3, 0.4) is 0 Å². The molecule has 0 radical (unpaired) electrons. The molecule has 0 amide bonds. The molecule has 96 valence electrons. The fourth-order valence-corrected chi connectivity index (χ4v) is 2.30. The van der Waals surface area contributed by atoms with Gasteiger partial charge in [-0.25, -0.2) is 4.39 Å². The molecule has 1 aliphatic rings. The lowest BCUT2D eigenvalue weighted by atomic mass is 9.87. The number of ether oxygens (including phenoxy) is 1. The van der Waals surface area contributed by atoms with Gasteiger partial charge in [-0.05, 0) is 50.2 Å². The average molecular weight is 249 g/mol. The summed E-state index contributed by atoms with van der Waals surface area (Å²) in [7, 11) is 0.507. The minimum absolute atomic E-state index is 0.253. The zero-order valence-corrected chi connectivity index (χ0v) is 10.3. The summed E-state index contributed by atoms with van der Waals surface area (Å²) >= 11 is 0. The van der Waals surface area contributed by atoms with Crippen molar-refractivity contribution in [3.8, 4) is 5.75 Å². The second-order valence-corrected chi connectivity index (χ2v) is 4.70. The molecule has 3 nitrogen and oxygen atoms in total.